The van der Waals surface area contributed by atoms with E-state index in [4.69, 9.17) is 0 Å². The van der Waals surface area contributed by atoms with Crippen LogP contribution in [0.2, 0.25) is 0 Å². The highest BCUT2D eigenvalue weighted by atomic mass is 16.3. The van der Waals surface area contributed by atoms with Crippen LogP contribution in [0.25, 0.3) is 0 Å². The summed E-state index contributed by atoms with van der Waals surface area (Å²) in [6, 6.07) is 0. The van der Waals surface area contributed by atoms with Crippen LogP contribution in [-0.4, -0.2) is 11.2 Å². The van der Waals surface area contributed by atoms with Gasteiger partial charge in [-0.1, -0.05) is 6.92 Å². The third-order valence-corrected chi connectivity index (χ3v) is 3.17. The molecule has 4 atom stereocenters. The molecule has 0 radical (unpaired) electrons. The first-order valence-electron chi connectivity index (χ1n) is 3.95. The standard InChI is InChI=1S/C8H14O/c1-5-2-7-3-6(5)4-8(7)9/h5-9H,2-4H2,1H3/t5-,6+,7?,8?/m1/s1. The van der Waals surface area contributed by atoms with Gasteiger partial charge in [-0.25, -0.2) is 0 Å². The molecule has 2 rings (SSSR count). The van der Waals surface area contributed by atoms with Crippen molar-refractivity contribution in [3.63, 3.8) is 0 Å². The summed E-state index contributed by atoms with van der Waals surface area (Å²) in [5.41, 5.74) is 0. The Labute approximate surface area is 56.1 Å². The summed E-state index contributed by atoms with van der Waals surface area (Å²) < 4.78 is 0. The minimum Gasteiger partial charge on any atom is -0.393 e. The number of hydrogen-bond donors (Lipinski definition) is 1. The van der Waals surface area contributed by atoms with E-state index in [0.29, 0.717) is 5.92 Å². The van der Waals surface area contributed by atoms with Crippen LogP contribution < -0.4 is 0 Å². The Kier molecular flexibility index (Phi) is 1.10. The molecule has 1 nitrogen and oxygen atoms in total. The summed E-state index contributed by atoms with van der Waals surface area (Å²) >= 11 is 0. The summed E-state index contributed by atoms with van der Waals surface area (Å²) in [5, 5.41) is 9.34. The lowest BCUT2D eigenvalue weighted by atomic mass is 9.89. The van der Waals surface area contributed by atoms with E-state index >= 15 is 0 Å². The van der Waals surface area contributed by atoms with Crippen molar-refractivity contribution in [2.75, 3.05) is 0 Å². The van der Waals surface area contributed by atoms with E-state index in [2.05, 4.69) is 6.92 Å². The van der Waals surface area contributed by atoms with Crippen LogP contribution >= 0.6 is 0 Å². The van der Waals surface area contributed by atoms with Gasteiger partial charge in [-0.15, -0.1) is 0 Å². The normalized spacial score (nSPS) is 56.7. The highest BCUT2D eigenvalue weighted by Crippen LogP contribution is 2.47. The first-order valence-corrected chi connectivity index (χ1v) is 3.95. The van der Waals surface area contributed by atoms with Crippen molar-refractivity contribution in [2.24, 2.45) is 17.8 Å². The highest BCUT2D eigenvalue weighted by Gasteiger charge is 2.42. The third-order valence-electron chi connectivity index (χ3n) is 3.17. The second-order valence-corrected chi connectivity index (χ2v) is 3.77. The molecular formula is C8H14O. The van der Waals surface area contributed by atoms with Crippen molar-refractivity contribution < 1.29 is 5.11 Å². The van der Waals surface area contributed by atoms with Gasteiger partial charge in [0, 0.05) is 0 Å². The van der Waals surface area contributed by atoms with Gasteiger partial charge in [-0.2, -0.15) is 0 Å². The fraction of sp³-hybridized carbons (Fsp3) is 1.00. The summed E-state index contributed by atoms with van der Waals surface area (Å²) in [7, 11) is 0. The molecule has 0 spiro atoms. The molecule has 2 aliphatic carbocycles. The second-order valence-electron chi connectivity index (χ2n) is 3.77. The van der Waals surface area contributed by atoms with Gasteiger partial charge in [-0.3, -0.25) is 0 Å². The molecule has 0 aromatic rings. The fourth-order valence-corrected chi connectivity index (χ4v) is 2.53. The van der Waals surface area contributed by atoms with E-state index in [0.717, 1.165) is 18.3 Å². The molecule has 2 fully saturated rings. The maximum absolute atomic E-state index is 9.34. The maximum Gasteiger partial charge on any atom is 0.0571 e. The SMILES string of the molecule is C[C@@H]1CC2C[C@H]1CC2O. The van der Waals surface area contributed by atoms with Crippen molar-refractivity contribution in [3.8, 4) is 0 Å². The molecular weight excluding hydrogens is 112 g/mol. The van der Waals surface area contributed by atoms with Crippen molar-refractivity contribution >= 4 is 0 Å². The van der Waals surface area contributed by atoms with Crippen LogP contribution in [0.15, 0.2) is 0 Å². The number of aliphatic hydroxyl groups is 1. The molecule has 2 unspecified atom stereocenters. The maximum atomic E-state index is 9.34. The lowest BCUT2D eigenvalue weighted by molar-refractivity contribution is 0.0985. The molecule has 0 amide bonds. The minimum atomic E-state index is 0.0613. The summed E-state index contributed by atoms with van der Waals surface area (Å²) in [6.45, 7) is 2.32. The van der Waals surface area contributed by atoms with Crippen LogP contribution in [0, 0.1) is 17.8 Å². The van der Waals surface area contributed by atoms with Crippen LogP contribution in [0.4, 0.5) is 0 Å². The Hall–Kier alpha value is -0.0400. The van der Waals surface area contributed by atoms with Gasteiger partial charge in [0.05, 0.1) is 6.10 Å². The zero-order chi connectivity index (χ0) is 6.43. The van der Waals surface area contributed by atoms with Crippen LogP contribution in [0.5, 0.6) is 0 Å². The number of hydrogen-bond acceptors (Lipinski definition) is 1. The average Bonchev–Trinajstić information content (AvgIpc) is 2.24. The van der Waals surface area contributed by atoms with E-state index in [1.54, 1.807) is 0 Å². The second kappa shape index (κ2) is 1.72. The van der Waals surface area contributed by atoms with Crippen LogP contribution in [0.3, 0.4) is 0 Å². The van der Waals surface area contributed by atoms with Crippen molar-refractivity contribution in [3.05, 3.63) is 0 Å². The molecule has 0 aromatic heterocycles. The van der Waals surface area contributed by atoms with Gasteiger partial charge in [0.1, 0.15) is 0 Å². The van der Waals surface area contributed by atoms with Gasteiger partial charge in [-0.05, 0) is 37.0 Å². The smallest absolute Gasteiger partial charge is 0.0571 e. The summed E-state index contributed by atoms with van der Waals surface area (Å²) in [5.74, 6) is 2.44. The Morgan fingerprint density at radius 2 is 1.89 bits per heavy atom. The molecule has 1 heteroatoms. The fourth-order valence-electron chi connectivity index (χ4n) is 2.53. The van der Waals surface area contributed by atoms with Gasteiger partial charge in [0.25, 0.3) is 0 Å². The quantitative estimate of drug-likeness (QED) is 0.520. The molecule has 2 bridgehead atoms. The molecule has 2 saturated carbocycles. The summed E-state index contributed by atoms with van der Waals surface area (Å²) in [4.78, 5) is 0. The minimum absolute atomic E-state index is 0.0613. The summed E-state index contributed by atoms with van der Waals surface area (Å²) in [6.07, 6.45) is 3.74. The third kappa shape index (κ3) is 0.710. The molecule has 9 heavy (non-hydrogen) atoms. The van der Waals surface area contributed by atoms with Gasteiger partial charge in [0.2, 0.25) is 0 Å². The average molecular weight is 126 g/mol. The van der Waals surface area contributed by atoms with E-state index in [1.807, 2.05) is 0 Å². The predicted octanol–water partition coefficient (Wildman–Crippen LogP) is 1.41. The number of rotatable bonds is 0. The zero-order valence-corrected chi connectivity index (χ0v) is 5.88. The van der Waals surface area contributed by atoms with Crippen LogP contribution in [-0.2, 0) is 0 Å². The molecule has 2 aliphatic rings. The van der Waals surface area contributed by atoms with Crippen LogP contribution in [0.1, 0.15) is 26.2 Å². The van der Waals surface area contributed by atoms with E-state index in [9.17, 15) is 5.11 Å². The lowest BCUT2D eigenvalue weighted by Gasteiger charge is -2.20. The molecule has 0 saturated heterocycles. The lowest BCUT2D eigenvalue weighted by Crippen LogP contribution is -2.19. The molecule has 0 heterocycles. The van der Waals surface area contributed by atoms with Crippen molar-refractivity contribution in [2.45, 2.75) is 32.3 Å². The van der Waals surface area contributed by atoms with Crippen molar-refractivity contribution in [1.29, 1.82) is 0 Å². The predicted molar refractivity (Wildman–Crippen MR) is 36.0 cm³/mol. The zero-order valence-electron chi connectivity index (χ0n) is 5.88. The Balaban J connectivity index is 2.10. The van der Waals surface area contributed by atoms with Crippen molar-refractivity contribution in [1.82, 2.24) is 0 Å². The van der Waals surface area contributed by atoms with E-state index < -0.39 is 0 Å². The van der Waals surface area contributed by atoms with Gasteiger partial charge < -0.3 is 5.11 Å². The number of fused-ring (bicyclic) bond motifs is 2. The van der Waals surface area contributed by atoms with Gasteiger partial charge >= 0.3 is 0 Å². The molecule has 0 aliphatic heterocycles. The first kappa shape index (κ1) is 5.72. The Bertz CT molecular complexity index is 104. The first-order chi connectivity index (χ1) is 4.27. The molecule has 0 aromatic carbocycles. The van der Waals surface area contributed by atoms with E-state index in [-0.39, 0.29) is 6.10 Å². The Morgan fingerprint density at radius 1 is 1.11 bits per heavy atom. The topological polar surface area (TPSA) is 20.2 Å². The van der Waals surface area contributed by atoms with Gasteiger partial charge in [0.15, 0.2) is 0 Å². The Morgan fingerprint density at radius 3 is 2.22 bits per heavy atom. The largest absolute Gasteiger partial charge is 0.393 e. The highest BCUT2D eigenvalue weighted by molar-refractivity contribution is 4.93. The molecule has 1 N–H and O–H groups in total. The molecule has 52 valence electrons. The monoisotopic (exact) mass is 126 g/mol. The number of aliphatic hydroxyl groups excluding tert-OH is 1. The van der Waals surface area contributed by atoms with E-state index in [1.165, 1.54) is 12.8 Å².